The number of benzene rings is 2. The Hall–Kier alpha value is -2.40. The summed E-state index contributed by atoms with van der Waals surface area (Å²) in [5.74, 6) is -0.749. The summed E-state index contributed by atoms with van der Waals surface area (Å²) in [6.45, 7) is 14.4. The highest BCUT2D eigenvalue weighted by atomic mass is 16.6. The van der Waals surface area contributed by atoms with Gasteiger partial charge in [0.15, 0.2) is 11.5 Å². The second kappa shape index (κ2) is 9.40. The van der Waals surface area contributed by atoms with Gasteiger partial charge in [-0.05, 0) is 62.2 Å². The Labute approximate surface area is 173 Å². The van der Waals surface area contributed by atoms with Gasteiger partial charge in [-0.25, -0.2) is 0 Å². The summed E-state index contributed by atoms with van der Waals surface area (Å²) < 4.78 is 11.0. The van der Waals surface area contributed by atoms with E-state index in [1.165, 1.54) is 5.56 Å². The van der Waals surface area contributed by atoms with Crippen molar-refractivity contribution in [3.8, 4) is 11.5 Å². The molecule has 0 radical (unpaired) electrons. The topological polar surface area (TPSA) is 64.6 Å². The van der Waals surface area contributed by atoms with Crippen LogP contribution in [0.2, 0.25) is 0 Å². The summed E-state index contributed by atoms with van der Waals surface area (Å²) in [7, 11) is 0. The van der Waals surface area contributed by atoms with E-state index in [0.717, 1.165) is 23.7 Å². The number of carbonyl (C=O) groups is 2. The average Bonchev–Trinajstić information content (AvgIpc) is 2.60. The van der Waals surface area contributed by atoms with E-state index in [1.807, 2.05) is 6.07 Å². The number of hydrogen-bond acceptors (Lipinski definition) is 5. The molecule has 2 aromatic carbocycles. The van der Waals surface area contributed by atoms with Crippen molar-refractivity contribution in [2.45, 2.75) is 60.4 Å². The van der Waals surface area contributed by atoms with Gasteiger partial charge in [0.1, 0.15) is 0 Å². The average molecular weight is 400 g/mol. The minimum Gasteiger partial charge on any atom is -0.422 e. The minimum atomic E-state index is -0.365. The number of carbonyl (C=O) groups excluding carboxylic acids is 2. The first kappa shape index (κ1) is 22.9. The second-order valence-electron chi connectivity index (χ2n) is 9.06. The van der Waals surface area contributed by atoms with E-state index in [0.29, 0.717) is 0 Å². The molecule has 0 aliphatic carbocycles. The van der Waals surface area contributed by atoms with Gasteiger partial charge < -0.3 is 14.8 Å². The van der Waals surface area contributed by atoms with Gasteiger partial charge in [-0.1, -0.05) is 45.9 Å². The molecule has 2 rings (SSSR count). The Morgan fingerprint density at radius 1 is 0.862 bits per heavy atom. The number of hydrogen-bond donors (Lipinski definition) is 1. The Morgan fingerprint density at radius 2 is 1.38 bits per heavy atom. The smallest absolute Gasteiger partial charge is 0.313 e. The van der Waals surface area contributed by atoms with E-state index in [4.69, 9.17) is 9.47 Å². The molecule has 0 spiro atoms. The van der Waals surface area contributed by atoms with Crippen molar-refractivity contribution >= 4 is 22.7 Å². The molecule has 0 heterocycles. The van der Waals surface area contributed by atoms with Gasteiger partial charge in [0.05, 0.1) is 11.8 Å². The molecule has 0 aromatic heterocycles. The molecule has 2 aromatic rings. The highest BCUT2D eigenvalue weighted by molar-refractivity contribution is 5.89. The van der Waals surface area contributed by atoms with Gasteiger partial charge in [0, 0.05) is 5.54 Å². The van der Waals surface area contributed by atoms with Crippen molar-refractivity contribution in [1.82, 2.24) is 5.32 Å². The van der Waals surface area contributed by atoms with E-state index in [9.17, 15) is 9.59 Å². The van der Waals surface area contributed by atoms with Gasteiger partial charge in [-0.2, -0.15) is 0 Å². The van der Waals surface area contributed by atoms with Gasteiger partial charge >= 0.3 is 11.9 Å². The van der Waals surface area contributed by atoms with Crippen LogP contribution < -0.4 is 14.8 Å². The van der Waals surface area contributed by atoms with E-state index in [2.05, 4.69) is 38.2 Å². The molecule has 0 aliphatic rings. The summed E-state index contributed by atoms with van der Waals surface area (Å²) in [5, 5.41) is 5.35. The summed E-state index contributed by atoms with van der Waals surface area (Å²) >= 11 is 0. The molecule has 158 valence electrons. The predicted octanol–water partition coefficient (Wildman–Crippen LogP) is 4.89. The maximum Gasteiger partial charge on any atom is 0.313 e. The fraction of sp³-hybridized carbons (Fsp3) is 0.500. The molecule has 0 aliphatic heterocycles. The number of ether oxygens (including phenoxy) is 2. The lowest BCUT2D eigenvalue weighted by atomic mass is 10.0. The molecule has 0 bridgehead atoms. The van der Waals surface area contributed by atoms with Crippen LogP contribution in [0, 0.1) is 11.8 Å². The van der Waals surface area contributed by atoms with Crippen molar-refractivity contribution in [1.29, 1.82) is 0 Å². The summed E-state index contributed by atoms with van der Waals surface area (Å²) in [5.41, 5.74) is 1.26. The fourth-order valence-corrected chi connectivity index (χ4v) is 2.65. The molecule has 29 heavy (non-hydrogen) atoms. The molecule has 5 nitrogen and oxygen atoms in total. The maximum absolute atomic E-state index is 12.2. The first-order chi connectivity index (χ1) is 13.5. The summed E-state index contributed by atoms with van der Waals surface area (Å²) in [6.07, 6.45) is 0.887. The third-order valence-corrected chi connectivity index (χ3v) is 4.40. The van der Waals surface area contributed by atoms with Crippen LogP contribution in [-0.2, 0) is 16.0 Å². The molecular weight excluding hydrogens is 366 g/mol. The van der Waals surface area contributed by atoms with Crippen LogP contribution in [0.3, 0.4) is 0 Å². The zero-order chi connectivity index (χ0) is 21.8. The Morgan fingerprint density at radius 3 is 1.86 bits per heavy atom. The number of rotatable bonds is 7. The first-order valence-corrected chi connectivity index (χ1v) is 10.2. The van der Waals surface area contributed by atoms with Crippen molar-refractivity contribution in [2.75, 3.05) is 6.54 Å². The molecule has 0 atom stereocenters. The summed E-state index contributed by atoms with van der Waals surface area (Å²) in [6, 6.07) is 9.69. The molecule has 1 N–H and O–H groups in total. The molecule has 0 saturated heterocycles. The van der Waals surface area contributed by atoms with Crippen LogP contribution >= 0.6 is 0 Å². The highest BCUT2D eigenvalue weighted by Gasteiger charge is 2.19. The highest BCUT2D eigenvalue weighted by Crippen LogP contribution is 2.34. The number of fused-ring (bicyclic) bond motifs is 1. The lowest BCUT2D eigenvalue weighted by Crippen LogP contribution is -2.37. The largest absolute Gasteiger partial charge is 0.422 e. The van der Waals surface area contributed by atoms with E-state index in [-0.39, 0.29) is 40.8 Å². The standard InChI is InChI=1S/C24H33NO4/c1-15(2)22(26)28-20-13-18-9-8-17(10-11-25-24(5,6)7)12-19(18)14-21(20)29-23(27)16(3)4/h8-9,12-16,25H,10-11H2,1-7H3. The number of nitrogens with one attached hydrogen (secondary N) is 1. The summed E-state index contributed by atoms with van der Waals surface area (Å²) in [4.78, 5) is 24.3. The van der Waals surface area contributed by atoms with Crippen molar-refractivity contribution in [3.63, 3.8) is 0 Å². The van der Waals surface area contributed by atoms with E-state index >= 15 is 0 Å². The van der Waals surface area contributed by atoms with Crippen molar-refractivity contribution < 1.29 is 19.1 Å². The Bertz CT molecular complexity index is 878. The first-order valence-electron chi connectivity index (χ1n) is 10.2. The van der Waals surface area contributed by atoms with E-state index in [1.54, 1.807) is 39.8 Å². The Balaban J connectivity index is 2.35. The van der Waals surface area contributed by atoms with Crippen LogP contribution in [0.25, 0.3) is 10.8 Å². The molecule has 5 heteroatoms. The lowest BCUT2D eigenvalue weighted by Gasteiger charge is -2.20. The maximum atomic E-state index is 12.2. The van der Waals surface area contributed by atoms with E-state index < -0.39 is 0 Å². The van der Waals surface area contributed by atoms with Crippen molar-refractivity contribution in [2.24, 2.45) is 11.8 Å². The zero-order valence-electron chi connectivity index (χ0n) is 18.6. The third-order valence-electron chi connectivity index (χ3n) is 4.40. The molecule has 0 amide bonds. The second-order valence-corrected chi connectivity index (χ2v) is 9.06. The van der Waals surface area contributed by atoms with Gasteiger partial charge in [0.2, 0.25) is 0 Å². The minimum absolute atomic E-state index is 0.0737. The monoisotopic (exact) mass is 399 g/mol. The van der Waals surface area contributed by atoms with Crippen molar-refractivity contribution in [3.05, 3.63) is 35.9 Å². The van der Waals surface area contributed by atoms with Gasteiger partial charge in [-0.15, -0.1) is 0 Å². The van der Waals surface area contributed by atoms with Crippen LogP contribution in [0.4, 0.5) is 0 Å². The third kappa shape index (κ3) is 6.86. The lowest BCUT2D eigenvalue weighted by molar-refractivity contribution is -0.140. The van der Waals surface area contributed by atoms with Gasteiger partial charge in [-0.3, -0.25) is 9.59 Å². The molecule has 0 fully saturated rings. The number of esters is 2. The van der Waals surface area contributed by atoms with Gasteiger partial charge in [0.25, 0.3) is 0 Å². The quantitative estimate of drug-likeness (QED) is 0.530. The molecule has 0 saturated carbocycles. The Kier molecular flexibility index (Phi) is 7.42. The predicted molar refractivity (Wildman–Crippen MR) is 116 cm³/mol. The zero-order valence-corrected chi connectivity index (χ0v) is 18.6. The van der Waals surface area contributed by atoms with Crippen LogP contribution in [0.5, 0.6) is 11.5 Å². The van der Waals surface area contributed by atoms with Crippen LogP contribution in [0.15, 0.2) is 30.3 Å². The normalized spacial score (nSPS) is 11.9. The fourth-order valence-electron chi connectivity index (χ4n) is 2.65. The van der Waals surface area contributed by atoms with Crippen LogP contribution in [-0.4, -0.2) is 24.0 Å². The van der Waals surface area contributed by atoms with Crippen LogP contribution in [0.1, 0.15) is 54.0 Å². The molecule has 0 unspecified atom stereocenters. The SMILES string of the molecule is CC(C)C(=O)Oc1cc2ccc(CCNC(C)(C)C)cc2cc1OC(=O)C(C)C. The molecular formula is C24H33NO4.